The fourth-order valence-corrected chi connectivity index (χ4v) is 2.86. The van der Waals surface area contributed by atoms with E-state index in [1.54, 1.807) is 0 Å². The number of nitrogens with one attached hydrogen (secondary N) is 1. The molecule has 0 spiro atoms. The number of carbonyl (C=O) groups is 1. The minimum absolute atomic E-state index is 0.0813. The van der Waals surface area contributed by atoms with E-state index in [1.807, 2.05) is 68.4 Å². The first-order valence-electron chi connectivity index (χ1n) is 8.55. The van der Waals surface area contributed by atoms with Gasteiger partial charge in [-0.3, -0.25) is 4.79 Å². The maximum atomic E-state index is 12.0. The summed E-state index contributed by atoms with van der Waals surface area (Å²) in [6, 6.07) is 19.9. The first-order valence-corrected chi connectivity index (χ1v) is 8.55. The number of nitrogens with zero attached hydrogens (tertiary/aromatic N) is 1. The lowest BCUT2D eigenvalue weighted by atomic mass is 10.0. The van der Waals surface area contributed by atoms with Crippen molar-refractivity contribution in [2.24, 2.45) is 5.10 Å². The Balaban J connectivity index is 1.59. The molecule has 0 heterocycles. The summed E-state index contributed by atoms with van der Waals surface area (Å²) in [6.45, 7) is 5.88. The molecular formula is C22H22N2O2. The lowest BCUT2D eigenvalue weighted by Crippen LogP contribution is -2.25. The summed E-state index contributed by atoms with van der Waals surface area (Å²) < 4.78 is 5.57. The molecule has 26 heavy (non-hydrogen) atoms. The number of hydrazone groups is 1. The third-order valence-corrected chi connectivity index (χ3v) is 4.21. The van der Waals surface area contributed by atoms with Crippen LogP contribution < -0.4 is 10.2 Å². The van der Waals surface area contributed by atoms with Crippen LogP contribution in [0.5, 0.6) is 5.75 Å². The van der Waals surface area contributed by atoms with Crippen LogP contribution >= 0.6 is 0 Å². The van der Waals surface area contributed by atoms with Crippen LogP contribution in [0.1, 0.15) is 23.6 Å². The number of amides is 1. The number of aryl methyl sites for hydroxylation is 2. The Kier molecular flexibility index (Phi) is 5.32. The van der Waals surface area contributed by atoms with Crippen molar-refractivity contribution in [1.29, 1.82) is 0 Å². The van der Waals surface area contributed by atoms with Crippen LogP contribution in [0.3, 0.4) is 0 Å². The lowest BCUT2D eigenvalue weighted by Gasteiger charge is -2.08. The van der Waals surface area contributed by atoms with Crippen molar-refractivity contribution in [3.05, 3.63) is 77.4 Å². The van der Waals surface area contributed by atoms with E-state index in [2.05, 4.69) is 23.5 Å². The Bertz CT molecular complexity index is 977. The first-order chi connectivity index (χ1) is 12.5. The van der Waals surface area contributed by atoms with Gasteiger partial charge in [0.05, 0.1) is 5.71 Å². The fraction of sp³-hybridized carbons (Fsp3) is 0.182. The average Bonchev–Trinajstić information content (AvgIpc) is 2.64. The molecule has 0 unspecified atom stereocenters. The summed E-state index contributed by atoms with van der Waals surface area (Å²) in [5.74, 6) is 0.371. The second-order valence-corrected chi connectivity index (χ2v) is 6.35. The van der Waals surface area contributed by atoms with Gasteiger partial charge in [-0.05, 0) is 49.2 Å². The Labute approximate surface area is 153 Å². The molecule has 4 nitrogen and oxygen atoms in total. The van der Waals surface area contributed by atoms with Crippen LogP contribution in [0.4, 0.5) is 0 Å². The van der Waals surface area contributed by atoms with Crippen molar-refractivity contribution in [2.45, 2.75) is 20.8 Å². The zero-order chi connectivity index (χ0) is 18.5. The third-order valence-electron chi connectivity index (χ3n) is 4.21. The molecule has 3 rings (SSSR count). The van der Waals surface area contributed by atoms with Crippen LogP contribution in [0.25, 0.3) is 10.8 Å². The van der Waals surface area contributed by atoms with Crippen molar-refractivity contribution in [3.63, 3.8) is 0 Å². The SMILES string of the molecule is CC(=NNC(=O)COc1ccc2ccccc2c1)c1ccc(C)cc1C. The van der Waals surface area contributed by atoms with E-state index in [0.29, 0.717) is 5.75 Å². The predicted molar refractivity (Wildman–Crippen MR) is 106 cm³/mol. The third kappa shape index (κ3) is 4.28. The van der Waals surface area contributed by atoms with Crippen LogP contribution in [-0.2, 0) is 4.79 Å². The number of benzene rings is 3. The van der Waals surface area contributed by atoms with E-state index in [0.717, 1.165) is 27.6 Å². The minimum Gasteiger partial charge on any atom is -0.484 e. The second-order valence-electron chi connectivity index (χ2n) is 6.35. The number of hydrogen-bond acceptors (Lipinski definition) is 3. The van der Waals surface area contributed by atoms with Crippen molar-refractivity contribution in [2.75, 3.05) is 6.61 Å². The summed E-state index contributed by atoms with van der Waals surface area (Å²) in [5.41, 5.74) is 6.67. The topological polar surface area (TPSA) is 50.7 Å². The van der Waals surface area contributed by atoms with Crippen molar-refractivity contribution in [1.82, 2.24) is 5.43 Å². The molecule has 0 aromatic heterocycles. The van der Waals surface area contributed by atoms with E-state index < -0.39 is 0 Å². The zero-order valence-electron chi connectivity index (χ0n) is 15.2. The molecule has 0 radical (unpaired) electrons. The van der Waals surface area contributed by atoms with Gasteiger partial charge in [0, 0.05) is 5.56 Å². The molecule has 132 valence electrons. The van der Waals surface area contributed by atoms with Gasteiger partial charge in [-0.1, -0.05) is 54.1 Å². The predicted octanol–water partition coefficient (Wildman–Crippen LogP) is 4.38. The number of hydrogen-bond donors (Lipinski definition) is 1. The van der Waals surface area contributed by atoms with Crippen molar-refractivity contribution >= 4 is 22.4 Å². The summed E-state index contributed by atoms with van der Waals surface area (Å²) >= 11 is 0. The van der Waals surface area contributed by atoms with Crippen LogP contribution in [0.15, 0.2) is 65.8 Å². The maximum Gasteiger partial charge on any atom is 0.277 e. The molecule has 0 bridgehead atoms. The molecule has 1 amide bonds. The highest BCUT2D eigenvalue weighted by Crippen LogP contribution is 2.20. The first kappa shape index (κ1) is 17.7. The second kappa shape index (κ2) is 7.83. The summed E-state index contributed by atoms with van der Waals surface area (Å²) in [6.07, 6.45) is 0. The highest BCUT2D eigenvalue weighted by atomic mass is 16.5. The van der Waals surface area contributed by atoms with E-state index >= 15 is 0 Å². The Hall–Kier alpha value is -3.14. The van der Waals surface area contributed by atoms with E-state index in [-0.39, 0.29) is 12.5 Å². The molecule has 0 aliphatic carbocycles. The highest BCUT2D eigenvalue weighted by Gasteiger charge is 2.05. The van der Waals surface area contributed by atoms with Crippen LogP contribution in [0.2, 0.25) is 0 Å². The van der Waals surface area contributed by atoms with Crippen LogP contribution in [-0.4, -0.2) is 18.2 Å². The van der Waals surface area contributed by atoms with Crippen molar-refractivity contribution in [3.8, 4) is 5.75 Å². The van der Waals surface area contributed by atoms with Gasteiger partial charge < -0.3 is 4.74 Å². The molecule has 0 fully saturated rings. The highest BCUT2D eigenvalue weighted by molar-refractivity contribution is 6.00. The Morgan fingerprint density at radius 3 is 2.54 bits per heavy atom. The minimum atomic E-state index is -0.290. The summed E-state index contributed by atoms with van der Waals surface area (Å²) in [7, 11) is 0. The smallest absolute Gasteiger partial charge is 0.277 e. The van der Waals surface area contributed by atoms with Gasteiger partial charge in [-0.2, -0.15) is 5.10 Å². The average molecular weight is 346 g/mol. The van der Waals surface area contributed by atoms with Gasteiger partial charge >= 0.3 is 0 Å². The zero-order valence-corrected chi connectivity index (χ0v) is 15.2. The molecular weight excluding hydrogens is 324 g/mol. The molecule has 0 saturated carbocycles. The van der Waals surface area contributed by atoms with Gasteiger partial charge in [0.25, 0.3) is 5.91 Å². The Morgan fingerprint density at radius 1 is 1.00 bits per heavy atom. The van der Waals surface area contributed by atoms with Crippen LogP contribution in [0, 0.1) is 13.8 Å². The van der Waals surface area contributed by atoms with Gasteiger partial charge in [0.15, 0.2) is 6.61 Å². The molecule has 0 saturated heterocycles. The number of carbonyl (C=O) groups excluding carboxylic acids is 1. The normalized spacial score (nSPS) is 11.4. The van der Waals surface area contributed by atoms with Gasteiger partial charge in [-0.25, -0.2) is 5.43 Å². The monoisotopic (exact) mass is 346 g/mol. The molecule has 4 heteroatoms. The standard InChI is InChI=1S/C22H22N2O2/c1-15-8-11-21(16(2)12-15)17(3)23-24-22(25)14-26-20-10-9-18-6-4-5-7-19(18)13-20/h4-13H,14H2,1-3H3,(H,24,25). The Morgan fingerprint density at radius 2 is 1.77 bits per heavy atom. The van der Waals surface area contributed by atoms with E-state index in [9.17, 15) is 4.79 Å². The maximum absolute atomic E-state index is 12.0. The number of fused-ring (bicyclic) bond motifs is 1. The molecule has 3 aromatic rings. The quantitative estimate of drug-likeness (QED) is 0.551. The van der Waals surface area contributed by atoms with Gasteiger partial charge in [-0.15, -0.1) is 0 Å². The largest absolute Gasteiger partial charge is 0.484 e. The molecule has 0 atom stereocenters. The fourth-order valence-electron chi connectivity index (χ4n) is 2.86. The van der Waals surface area contributed by atoms with Gasteiger partial charge in [0.2, 0.25) is 0 Å². The lowest BCUT2D eigenvalue weighted by molar-refractivity contribution is -0.123. The van der Waals surface area contributed by atoms with E-state index in [4.69, 9.17) is 4.74 Å². The van der Waals surface area contributed by atoms with Crippen molar-refractivity contribution < 1.29 is 9.53 Å². The summed E-state index contributed by atoms with van der Waals surface area (Å²) in [4.78, 5) is 12.0. The number of rotatable bonds is 5. The van der Waals surface area contributed by atoms with E-state index in [1.165, 1.54) is 5.56 Å². The number of ether oxygens (including phenoxy) is 1. The molecule has 1 N–H and O–H groups in total. The molecule has 0 aliphatic heterocycles. The molecule has 0 aliphatic rings. The molecule has 3 aromatic carbocycles. The summed E-state index contributed by atoms with van der Waals surface area (Å²) in [5, 5.41) is 6.40. The van der Waals surface area contributed by atoms with Gasteiger partial charge in [0.1, 0.15) is 5.75 Å².